The maximum absolute atomic E-state index is 12.0. The van der Waals surface area contributed by atoms with Crippen LogP contribution in [0.15, 0.2) is 0 Å². The number of nitrogens with zero attached hydrogens (tertiary/aromatic N) is 1. The van der Waals surface area contributed by atoms with E-state index in [0.717, 1.165) is 13.0 Å². The van der Waals surface area contributed by atoms with Crippen LogP contribution in [0.1, 0.15) is 33.6 Å². The molecular weight excluding hydrogens is 230 g/mol. The van der Waals surface area contributed by atoms with Gasteiger partial charge in [0.25, 0.3) is 0 Å². The van der Waals surface area contributed by atoms with Crippen molar-refractivity contribution in [1.29, 1.82) is 0 Å². The lowest BCUT2D eigenvalue weighted by atomic mass is 9.95. The molecule has 0 bridgehead atoms. The molecule has 2 atom stereocenters. The number of likely N-dealkylation sites (tertiary alicyclic amines) is 1. The molecule has 0 radical (unpaired) electrons. The number of hydrogen-bond donors (Lipinski definition) is 2. The molecule has 3 N–H and O–H groups in total. The zero-order valence-electron chi connectivity index (χ0n) is 11.6. The highest BCUT2D eigenvalue weighted by atomic mass is 16.2. The lowest BCUT2D eigenvalue weighted by Crippen LogP contribution is -2.46. The van der Waals surface area contributed by atoms with E-state index in [1.807, 2.05) is 25.7 Å². The van der Waals surface area contributed by atoms with E-state index < -0.39 is 0 Å². The van der Waals surface area contributed by atoms with E-state index in [9.17, 15) is 9.59 Å². The fourth-order valence-electron chi connectivity index (χ4n) is 2.31. The third-order valence-electron chi connectivity index (χ3n) is 3.45. The summed E-state index contributed by atoms with van der Waals surface area (Å²) in [6.07, 6.45) is 1.56. The summed E-state index contributed by atoms with van der Waals surface area (Å²) in [7, 11) is 0. The van der Waals surface area contributed by atoms with Crippen molar-refractivity contribution in [2.24, 2.45) is 17.6 Å². The Kier molecular flexibility index (Phi) is 5.59. The standard InChI is InChI=1S/C13H25N3O2/c1-9(2)11(7-14)13(18)15-10(3)8-16-6-4-5-12(16)17/h9-11H,4-8,14H2,1-3H3,(H,15,18). The van der Waals surface area contributed by atoms with Crippen molar-refractivity contribution in [3.63, 3.8) is 0 Å². The Morgan fingerprint density at radius 2 is 2.11 bits per heavy atom. The largest absolute Gasteiger partial charge is 0.352 e. The third-order valence-corrected chi connectivity index (χ3v) is 3.45. The summed E-state index contributed by atoms with van der Waals surface area (Å²) in [5, 5.41) is 2.95. The second-order valence-electron chi connectivity index (χ2n) is 5.44. The number of carbonyl (C=O) groups is 2. The van der Waals surface area contributed by atoms with Gasteiger partial charge in [0.15, 0.2) is 0 Å². The Morgan fingerprint density at radius 1 is 1.44 bits per heavy atom. The summed E-state index contributed by atoms with van der Waals surface area (Å²) < 4.78 is 0. The van der Waals surface area contributed by atoms with Crippen LogP contribution in [0, 0.1) is 11.8 Å². The molecule has 1 saturated heterocycles. The summed E-state index contributed by atoms with van der Waals surface area (Å²) in [6, 6.07) is -0.0210. The van der Waals surface area contributed by atoms with Crippen molar-refractivity contribution >= 4 is 11.8 Å². The fourth-order valence-corrected chi connectivity index (χ4v) is 2.31. The van der Waals surface area contributed by atoms with Gasteiger partial charge in [-0.1, -0.05) is 13.8 Å². The van der Waals surface area contributed by atoms with Gasteiger partial charge in [-0.15, -0.1) is 0 Å². The molecule has 18 heavy (non-hydrogen) atoms. The van der Waals surface area contributed by atoms with E-state index in [1.165, 1.54) is 0 Å². The van der Waals surface area contributed by atoms with Crippen LogP contribution in [0.2, 0.25) is 0 Å². The second-order valence-corrected chi connectivity index (χ2v) is 5.44. The Balaban J connectivity index is 2.41. The molecule has 1 fully saturated rings. The number of amides is 2. The summed E-state index contributed by atoms with van der Waals surface area (Å²) in [6.45, 7) is 7.68. The van der Waals surface area contributed by atoms with Crippen molar-refractivity contribution in [1.82, 2.24) is 10.2 Å². The highest BCUT2D eigenvalue weighted by Crippen LogP contribution is 2.12. The van der Waals surface area contributed by atoms with Crippen LogP contribution in [-0.4, -0.2) is 42.4 Å². The van der Waals surface area contributed by atoms with Crippen LogP contribution in [0.25, 0.3) is 0 Å². The van der Waals surface area contributed by atoms with Gasteiger partial charge in [0.05, 0.1) is 5.92 Å². The molecule has 1 heterocycles. The summed E-state index contributed by atoms with van der Waals surface area (Å²) in [5.41, 5.74) is 5.61. The first kappa shape index (κ1) is 15.0. The molecule has 0 aromatic carbocycles. The third kappa shape index (κ3) is 3.98. The van der Waals surface area contributed by atoms with Crippen LogP contribution in [0.5, 0.6) is 0 Å². The normalized spacial score (nSPS) is 19.2. The van der Waals surface area contributed by atoms with Gasteiger partial charge in [-0.05, 0) is 19.3 Å². The smallest absolute Gasteiger partial charge is 0.224 e. The molecule has 0 aromatic heterocycles. The van der Waals surface area contributed by atoms with E-state index in [-0.39, 0.29) is 29.7 Å². The zero-order valence-corrected chi connectivity index (χ0v) is 11.6. The first-order valence-electron chi connectivity index (χ1n) is 6.74. The van der Waals surface area contributed by atoms with Gasteiger partial charge in [-0.25, -0.2) is 0 Å². The molecule has 0 saturated carbocycles. The highest BCUT2D eigenvalue weighted by molar-refractivity contribution is 5.80. The van der Waals surface area contributed by atoms with Crippen LogP contribution >= 0.6 is 0 Å². The molecule has 0 aliphatic carbocycles. The lowest BCUT2D eigenvalue weighted by molar-refractivity contribution is -0.130. The van der Waals surface area contributed by atoms with E-state index >= 15 is 0 Å². The van der Waals surface area contributed by atoms with Crippen molar-refractivity contribution in [2.75, 3.05) is 19.6 Å². The van der Waals surface area contributed by atoms with E-state index in [2.05, 4.69) is 5.32 Å². The molecule has 104 valence electrons. The second kappa shape index (κ2) is 6.73. The van der Waals surface area contributed by atoms with Gasteiger partial charge >= 0.3 is 0 Å². The van der Waals surface area contributed by atoms with Crippen LogP contribution in [-0.2, 0) is 9.59 Å². The minimum Gasteiger partial charge on any atom is -0.352 e. The number of nitrogens with one attached hydrogen (secondary N) is 1. The molecule has 0 aromatic rings. The highest BCUT2D eigenvalue weighted by Gasteiger charge is 2.25. The quantitative estimate of drug-likeness (QED) is 0.719. The van der Waals surface area contributed by atoms with Gasteiger partial charge in [0.2, 0.25) is 11.8 Å². The van der Waals surface area contributed by atoms with Crippen molar-refractivity contribution in [3.05, 3.63) is 0 Å². The van der Waals surface area contributed by atoms with Crippen LogP contribution in [0.4, 0.5) is 0 Å². The maximum atomic E-state index is 12.0. The lowest BCUT2D eigenvalue weighted by Gasteiger charge is -2.25. The molecule has 0 spiro atoms. The first-order valence-corrected chi connectivity index (χ1v) is 6.74. The van der Waals surface area contributed by atoms with Gasteiger partial charge in [0, 0.05) is 32.1 Å². The summed E-state index contributed by atoms with van der Waals surface area (Å²) in [4.78, 5) is 25.3. The average molecular weight is 255 g/mol. The van der Waals surface area contributed by atoms with Crippen molar-refractivity contribution in [3.8, 4) is 0 Å². The Hall–Kier alpha value is -1.10. The number of nitrogens with two attached hydrogens (primary N) is 1. The van der Waals surface area contributed by atoms with E-state index in [0.29, 0.717) is 19.5 Å². The Bertz CT molecular complexity index is 305. The van der Waals surface area contributed by atoms with E-state index in [1.54, 1.807) is 0 Å². The Labute approximate surface area is 109 Å². The van der Waals surface area contributed by atoms with Crippen LogP contribution < -0.4 is 11.1 Å². The molecule has 2 unspecified atom stereocenters. The number of hydrogen-bond acceptors (Lipinski definition) is 3. The molecule has 1 aliphatic rings. The topological polar surface area (TPSA) is 75.4 Å². The summed E-state index contributed by atoms with van der Waals surface area (Å²) >= 11 is 0. The van der Waals surface area contributed by atoms with Crippen molar-refractivity contribution < 1.29 is 9.59 Å². The van der Waals surface area contributed by atoms with Gasteiger partial charge in [-0.3, -0.25) is 9.59 Å². The number of rotatable bonds is 6. The van der Waals surface area contributed by atoms with Gasteiger partial charge in [0.1, 0.15) is 0 Å². The Morgan fingerprint density at radius 3 is 2.56 bits per heavy atom. The molecule has 5 nitrogen and oxygen atoms in total. The SMILES string of the molecule is CC(CN1CCCC1=O)NC(=O)C(CN)C(C)C. The molecule has 1 aliphatic heterocycles. The predicted molar refractivity (Wildman–Crippen MR) is 70.8 cm³/mol. The minimum absolute atomic E-state index is 0.00774. The number of carbonyl (C=O) groups excluding carboxylic acids is 2. The minimum atomic E-state index is -0.151. The van der Waals surface area contributed by atoms with E-state index in [4.69, 9.17) is 5.73 Å². The predicted octanol–water partition coefficient (Wildman–Crippen LogP) is 0.344. The average Bonchev–Trinajstić information content (AvgIpc) is 2.64. The molecule has 5 heteroatoms. The monoisotopic (exact) mass is 255 g/mol. The first-order chi connectivity index (χ1) is 8.45. The van der Waals surface area contributed by atoms with Gasteiger partial charge in [-0.2, -0.15) is 0 Å². The molecular formula is C13H25N3O2. The summed E-state index contributed by atoms with van der Waals surface area (Å²) in [5.74, 6) is 0.263. The molecule has 2 amide bonds. The van der Waals surface area contributed by atoms with Gasteiger partial charge < -0.3 is 16.0 Å². The maximum Gasteiger partial charge on any atom is 0.224 e. The zero-order chi connectivity index (χ0) is 13.7. The fraction of sp³-hybridized carbons (Fsp3) is 0.846. The van der Waals surface area contributed by atoms with Crippen LogP contribution in [0.3, 0.4) is 0 Å². The van der Waals surface area contributed by atoms with Crippen molar-refractivity contribution in [2.45, 2.75) is 39.7 Å². The molecule has 1 rings (SSSR count).